The van der Waals surface area contributed by atoms with Gasteiger partial charge in [-0.2, -0.15) is 5.10 Å². The van der Waals surface area contributed by atoms with Gasteiger partial charge in [0.25, 0.3) is 0 Å². The number of carbonyl (C=O) groups excluding carboxylic acids is 2. The maximum absolute atomic E-state index is 11.9. The summed E-state index contributed by atoms with van der Waals surface area (Å²) in [6, 6.07) is 6.18. The molecule has 0 saturated heterocycles. The molecule has 0 aliphatic heterocycles. The highest BCUT2D eigenvalue weighted by Gasteiger charge is 2.17. The molecule has 5 nitrogen and oxygen atoms in total. The predicted octanol–water partition coefficient (Wildman–Crippen LogP) is 2.59. The molecule has 0 aliphatic carbocycles. The Labute approximate surface area is 114 Å². The highest BCUT2D eigenvalue weighted by atomic mass is 35.5. The smallest absolute Gasteiger partial charge is 0.365 e. The lowest BCUT2D eigenvalue weighted by molar-refractivity contribution is 0.0727. The molecule has 6 heteroatoms. The number of hydrogen-bond donors (Lipinski definition) is 0. The van der Waals surface area contributed by atoms with E-state index < -0.39 is 5.97 Å². The molecule has 19 heavy (non-hydrogen) atoms. The molecule has 0 aliphatic rings. The first kappa shape index (κ1) is 13.3. The molecular weight excluding hydrogens is 268 g/mol. The second kappa shape index (κ2) is 5.67. The largest absolute Gasteiger partial charge is 0.422 e. The fourth-order valence-electron chi connectivity index (χ4n) is 1.47. The van der Waals surface area contributed by atoms with E-state index in [1.54, 1.807) is 23.0 Å². The van der Waals surface area contributed by atoms with E-state index in [0.717, 1.165) is 0 Å². The zero-order chi connectivity index (χ0) is 13.8. The first-order valence-corrected chi connectivity index (χ1v) is 6.02. The Morgan fingerprint density at radius 2 is 2.11 bits per heavy atom. The predicted molar refractivity (Wildman–Crippen MR) is 69.7 cm³/mol. The van der Waals surface area contributed by atoms with Crippen LogP contribution >= 0.6 is 11.6 Å². The van der Waals surface area contributed by atoms with Gasteiger partial charge in [0.1, 0.15) is 12.0 Å². The van der Waals surface area contributed by atoms with Crippen molar-refractivity contribution in [3.8, 4) is 5.75 Å². The SMILES string of the molecule is CCn1cc(Cl)c(C(=O)Oc2ccc(C=O)cc2)n1. The first-order valence-electron chi connectivity index (χ1n) is 5.64. The second-order valence-electron chi connectivity index (χ2n) is 3.76. The molecule has 2 rings (SSSR count). The summed E-state index contributed by atoms with van der Waals surface area (Å²) in [4.78, 5) is 22.4. The van der Waals surface area contributed by atoms with E-state index in [1.807, 2.05) is 6.92 Å². The van der Waals surface area contributed by atoms with Crippen molar-refractivity contribution in [2.45, 2.75) is 13.5 Å². The number of carbonyl (C=O) groups is 2. The molecule has 0 atom stereocenters. The van der Waals surface area contributed by atoms with Gasteiger partial charge in [0.15, 0.2) is 5.69 Å². The molecule has 0 saturated carbocycles. The van der Waals surface area contributed by atoms with Crippen LogP contribution in [0.5, 0.6) is 5.75 Å². The number of nitrogens with zero attached hydrogens (tertiary/aromatic N) is 2. The summed E-state index contributed by atoms with van der Waals surface area (Å²) < 4.78 is 6.67. The van der Waals surface area contributed by atoms with Gasteiger partial charge in [0.05, 0.1) is 5.02 Å². The van der Waals surface area contributed by atoms with Crippen LogP contribution in [-0.2, 0) is 6.54 Å². The van der Waals surface area contributed by atoms with Crippen LogP contribution < -0.4 is 4.74 Å². The third-order valence-corrected chi connectivity index (χ3v) is 2.74. The van der Waals surface area contributed by atoms with Gasteiger partial charge in [-0.05, 0) is 31.2 Å². The summed E-state index contributed by atoms with van der Waals surface area (Å²) in [5.41, 5.74) is 0.580. The summed E-state index contributed by atoms with van der Waals surface area (Å²) in [5, 5.41) is 4.26. The standard InChI is InChI=1S/C13H11ClN2O3/c1-2-16-7-11(14)12(15-16)13(18)19-10-5-3-9(8-17)4-6-10/h3-8H,2H2,1H3. The van der Waals surface area contributed by atoms with Crippen molar-refractivity contribution < 1.29 is 14.3 Å². The molecule has 0 radical (unpaired) electrons. The van der Waals surface area contributed by atoms with E-state index in [2.05, 4.69) is 5.10 Å². The number of benzene rings is 1. The summed E-state index contributed by atoms with van der Waals surface area (Å²) in [6.45, 7) is 2.50. The van der Waals surface area contributed by atoms with Crippen molar-refractivity contribution in [2.24, 2.45) is 0 Å². The van der Waals surface area contributed by atoms with Crippen molar-refractivity contribution in [1.82, 2.24) is 9.78 Å². The highest BCUT2D eigenvalue weighted by molar-refractivity contribution is 6.33. The van der Waals surface area contributed by atoms with E-state index in [9.17, 15) is 9.59 Å². The quantitative estimate of drug-likeness (QED) is 0.490. The molecule has 98 valence electrons. The minimum Gasteiger partial charge on any atom is -0.422 e. The maximum Gasteiger partial charge on any atom is 0.365 e. The molecule has 2 aromatic rings. The Hall–Kier alpha value is -2.14. The van der Waals surface area contributed by atoms with Crippen molar-refractivity contribution in [3.63, 3.8) is 0 Å². The molecule has 0 unspecified atom stereocenters. The summed E-state index contributed by atoms with van der Waals surface area (Å²) in [7, 11) is 0. The monoisotopic (exact) mass is 278 g/mol. The number of aryl methyl sites for hydroxylation is 1. The van der Waals surface area contributed by atoms with Gasteiger partial charge >= 0.3 is 5.97 Å². The van der Waals surface area contributed by atoms with E-state index in [4.69, 9.17) is 16.3 Å². The lowest BCUT2D eigenvalue weighted by atomic mass is 10.2. The zero-order valence-corrected chi connectivity index (χ0v) is 10.9. The molecule has 0 bridgehead atoms. The zero-order valence-electron chi connectivity index (χ0n) is 10.2. The van der Waals surface area contributed by atoms with Crippen LogP contribution in [0.4, 0.5) is 0 Å². The van der Waals surface area contributed by atoms with Gasteiger partial charge in [-0.3, -0.25) is 9.48 Å². The minimum atomic E-state index is -0.629. The van der Waals surface area contributed by atoms with E-state index in [-0.39, 0.29) is 10.7 Å². The lowest BCUT2D eigenvalue weighted by Gasteiger charge is -2.02. The van der Waals surface area contributed by atoms with Gasteiger partial charge in [-0.25, -0.2) is 4.79 Å². The van der Waals surface area contributed by atoms with Crippen LogP contribution in [-0.4, -0.2) is 22.0 Å². The van der Waals surface area contributed by atoms with E-state index in [1.165, 1.54) is 12.1 Å². The Bertz CT molecular complexity index is 605. The van der Waals surface area contributed by atoms with Crippen molar-refractivity contribution in [1.29, 1.82) is 0 Å². The molecule has 0 amide bonds. The number of halogens is 1. The number of aromatic nitrogens is 2. The summed E-state index contributed by atoms with van der Waals surface area (Å²) >= 11 is 5.90. The Morgan fingerprint density at radius 3 is 2.63 bits per heavy atom. The van der Waals surface area contributed by atoms with Crippen LogP contribution in [0.2, 0.25) is 5.02 Å². The van der Waals surface area contributed by atoms with Crippen LogP contribution in [0.15, 0.2) is 30.5 Å². The van der Waals surface area contributed by atoms with Crippen molar-refractivity contribution in [3.05, 3.63) is 46.7 Å². The van der Waals surface area contributed by atoms with Gasteiger partial charge in [0, 0.05) is 18.3 Å². The van der Waals surface area contributed by atoms with Gasteiger partial charge in [-0.1, -0.05) is 11.6 Å². The van der Waals surface area contributed by atoms with Gasteiger partial charge in [0.2, 0.25) is 0 Å². The normalized spacial score (nSPS) is 10.2. The summed E-state index contributed by atoms with van der Waals surface area (Å²) in [6.07, 6.45) is 2.28. The average molecular weight is 279 g/mol. The van der Waals surface area contributed by atoms with Crippen LogP contribution in [0.3, 0.4) is 0 Å². The molecule has 1 heterocycles. The molecule has 1 aromatic heterocycles. The lowest BCUT2D eigenvalue weighted by Crippen LogP contribution is -2.10. The molecular formula is C13H11ClN2O3. The molecule has 1 aromatic carbocycles. The number of ether oxygens (including phenoxy) is 1. The fraction of sp³-hybridized carbons (Fsp3) is 0.154. The van der Waals surface area contributed by atoms with Crippen LogP contribution in [0, 0.1) is 0 Å². The van der Waals surface area contributed by atoms with Gasteiger partial charge in [-0.15, -0.1) is 0 Å². The average Bonchev–Trinajstić information content (AvgIpc) is 2.81. The number of aldehydes is 1. The topological polar surface area (TPSA) is 61.2 Å². The first-order chi connectivity index (χ1) is 9.13. The highest BCUT2D eigenvalue weighted by Crippen LogP contribution is 2.18. The van der Waals surface area contributed by atoms with E-state index >= 15 is 0 Å². The maximum atomic E-state index is 11.9. The van der Waals surface area contributed by atoms with Crippen LogP contribution in [0.1, 0.15) is 27.8 Å². The minimum absolute atomic E-state index is 0.0722. The van der Waals surface area contributed by atoms with Crippen molar-refractivity contribution in [2.75, 3.05) is 0 Å². The van der Waals surface area contributed by atoms with Crippen LogP contribution in [0.25, 0.3) is 0 Å². The Balaban J connectivity index is 2.15. The summed E-state index contributed by atoms with van der Waals surface area (Å²) in [5.74, 6) is -0.297. The van der Waals surface area contributed by atoms with Crippen molar-refractivity contribution >= 4 is 23.9 Å². The number of esters is 1. The fourth-order valence-corrected chi connectivity index (χ4v) is 1.69. The second-order valence-corrected chi connectivity index (χ2v) is 4.16. The Morgan fingerprint density at radius 1 is 1.42 bits per heavy atom. The number of rotatable bonds is 4. The molecule has 0 spiro atoms. The third-order valence-electron chi connectivity index (χ3n) is 2.46. The van der Waals surface area contributed by atoms with Gasteiger partial charge < -0.3 is 4.74 Å². The number of hydrogen-bond acceptors (Lipinski definition) is 4. The molecule has 0 fully saturated rings. The Kier molecular flexibility index (Phi) is 3.97. The molecule has 0 N–H and O–H groups in total. The van der Waals surface area contributed by atoms with E-state index in [0.29, 0.717) is 24.1 Å². The third kappa shape index (κ3) is 3.00.